The number of hydrogen-bond acceptors (Lipinski definition) is 3. The number of benzene rings is 4. The summed E-state index contributed by atoms with van der Waals surface area (Å²) in [5, 5.41) is 5.54. The van der Waals surface area contributed by atoms with Crippen LogP contribution in [0.2, 0.25) is 5.02 Å². The summed E-state index contributed by atoms with van der Waals surface area (Å²) in [5.74, 6) is -1.44. The number of carbonyl (C=O) groups is 2. The van der Waals surface area contributed by atoms with Gasteiger partial charge in [-0.1, -0.05) is 66.2 Å². The van der Waals surface area contributed by atoms with Crippen LogP contribution in [-0.4, -0.2) is 11.8 Å². The summed E-state index contributed by atoms with van der Waals surface area (Å²) >= 11 is 6.27. The molecule has 2 amide bonds. The van der Waals surface area contributed by atoms with E-state index in [1.54, 1.807) is 18.2 Å². The number of aryl methyl sites for hydroxylation is 1. The maximum absolute atomic E-state index is 13.6. The minimum absolute atomic E-state index is 0.125. The maximum atomic E-state index is 13.6. The Bertz CT molecular complexity index is 1460. The zero-order valence-corrected chi connectivity index (χ0v) is 18.4. The van der Waals surface area contributed by atoms with Crippen LogP contribution < -0.4 is 10.2 Å². The molecule has 5 rings (SSSR count). The highest BCUT2D eigenvalue weighted by molar-refractivity contribution is 6.46. The van der Waals surface area contributed by atoms with Crippen molar-refractivity contribution < 1.29 is 14.0 Å². The van der Waals surface area contributed by atoms with Crippen molar-refractivity contribution >= 4 is 51.1 Å². The molecule has 1 N–H and O–H groups in total. The molecule has 0 radical (unpaired) electrons. The number of imide groups is 1. The SMILES string of the molecule is Cc1ccc(N2C(=O)C(Nc3cccc4ccccc34)=C(c3ccc(F)cc3)C2=O)cc1Cl. The van der Waals surface area contributed by atoms with Crippen LogP contribution in [0.5, 0.6) is 0 Å². The van der Waals surface area contributed by atoms with Crippen molar-refractivity contribution in [2.75, 3.05) is 10.2 Å². The smallest absolute Gasteiger partial charge is 0.282 e. The monoisotopic (exact) mass is 456 g/mol. The lowest BCUT2D eigenvalue weighted by Crippen LogP contribution is -2.32. The average molecular weight is 457 g/mol. The van der Waals surface area contributed by atoms with Gasteiger partial charge in [0, 0.05) is 16.1 Å². The van der Waals surface area contributed by atoms with Crippen molar-refractivity contribution in [3.8, 4) is 0 Å². The van der Waals surface area contributed by atoms with E-state index in [4.69, 9.17) is 11.6 Å². The van der Waals surface area contributed by atoms with Gasteiger partial charge in [-0.3, -0.25) is 9.59 Å². The summed E-state index contributed by atoms with van der Waals surface area (Å²) < 4.78 is 13.6. The van der Waals surface area contributed by atoms with E-state index in [0.717, 1.165) is 21.2 Å². The van der Waals surface area contributed by atoms with Crippen LogP contribution in [0.15, 0.2) is 90.6 Å². The first-order chi connectivity index (χ1) is 15.9. The number of rotatable bonds is 4. The normalized spacial score (nSPS) is 13.8. The molecule has 4 aromatic rings. The molecule has 162 valence electrons. The zero-order valence-electron chi connectivity index (χ0n) is 17.6. The fourth-order valence-electron chi connectivity index (χ4n) is 3.95. The Morgan fingerprint density at radius 1 is 0.848 bits per heavy atom. The molecule has 0 aromatic heterocycles. The summed E-state index contributed by atoms with van der Waals surface area (Å²) in [6.45, 7) is 1.84. The van der Waals surface area contributed by atoms with Crippen LogP contribution in [0.4, 0.5) is 15.8 Å². The second kappa shape index (κ2) is 8.19. The fraction of sp³-hybridized carbons (Fsp3) is 0.0370. The molecule has 6 heteroatoms. The molecule has 33 heavy (non-hydrogen) atoms. The van der Waals surface area contributed by atoms with Gasteiger partial charge in [-0.15, -0.1) is 0 Å². The first-order valence-electron chi connectivity index (χ1n) is 10.3. The highest BCUT2D eigenvalue weighted by Gasteiger charge is 2.40. The van der Waals surface area contributed by atoms with Gasteiger partial charge in [0.1, 0.15) is 11.5 Å². The number of carbonyl (C=O) groups excluding carboxylic acids is 2. The third-order valence-corrected chi connectivity index (χ3v) is 6.09. The molecule has 0 unspecified atom stereocenters. The molecule has 0 fully saturated rings. The van der Waals surface area contributed by atoms with E-state index in [0.29, 0.717) is 22.0 Å². The van der Waals surface area contributed by atoms with Crippen LogP contribution >= 0.6 is 11.6 Å². The minimum atomic E-state index is -0.507. The summed E-state index contributed by atoms with van der Waals surface area (Å²) in [6, 6.07) is 24.0. The number of nitrogens with one attached hydrogen (secondary N) is 1. The average Bonchev–Trinajstić information content (AvgIpc) is 3.06. The van der Waals surface area contributed by atoms with E-state index < -0.39 is 17.6 Å². The number of anilines is 2. The van der Waals surface area contributed by atoms with Crippen LogP contribution in [0, 0.1) is 12.7 Å². The predicted octanol–water partition coefficient (Wildman–Crippen LogP) is 6.34. The minimum Gasteiger partial charge on any atom is -0.350 e. The largest absolute Gasteiger partial charge is 0.350 e. The number of halogens is 2. The zero-order chi connectivity index (χ0) is 23.1. The highest BCUT2D eigenvalue weighted by atomic mass is 35.5. The van der Waals surface area contributed by atoms with Gasteiger partial charge >= 0.3 is 0 Å². The van der Waals surface area contributed by atoms with Crippen LogP contribution in [0.3, 0.4) is 0 Å². The van der Waals surface area contributed by atoms with Crippen molar-refractivity contribution in [3.63, 3.8) is 0 Å². The van der Waals surface area contributed by atoms with E-state index in [-0.39, 0.29) is 11.3 Å². The van der Waals surface area contributed by atoms with Gasteiger partial charge in [-0.25, -0.2) is 9.29 Å². The molecule has 0 spiro atoms. The Hall–Kier alpha value is -3.96. The Balaban J connectivity index is 1.66. The van der Waals surface area contributed by atoms with Gasteiger partial charge < -0.3 is 5.32 Å². The van der Waals surface area contributed by atoms with Crippen molar-refractivity contribution in [3.05, 3.63) is 113 Å². The second-order valence-electron chi connectivity index (χ2n) is 7.79. The lowest BCUT2D eigenvalue weighted by Gasteiger charge is -2.16. The lowest BCUT2D eigenvalue weighted by molar-refractivity contribution is -0.120. The molecule has 1 aliphatic rings. The van der Waals surface area contributed by atoms with Gasteiger partial charge in [0.15, 0.2) is 0 Å². The highest BCUT2D eigenvalue weighted by Crippen LogP contribution is 2.36. The Morgan fingerprint density at radius 2 is 1.58 bits per heavy atom. The predicted molar refractivity (Wildman–Crippen MR) is 130 cm³/mol. The molecule has 1 heterocycles. The van der Waals surface area contributed by atoms with Crippen molar-refractivity contribution in [2.45, 2.75) is 6.92 Å². The van der Waals surface area contributed by atoms with E-state index in [1.807, 2.05) is 49.4 Å². The fourth-order valence-corrected chi connectivity index (χ4v) is 4.13. The molecule has 4 aromatic carbocycles. The number of nitrogens with zero attached hydrogens (tertiary/aromatic N) is 1. The third-order valence-electron chi connectivity index (χ3n) is 5.68. The summed E-state index contributed by atoms with van der Waals surface area (Å²) in [4.78, 5) is 28.2. The van der Waals surface area contributed by atoms with Gasteiger partial charge in [0.05, 0.1) is 11.3 Å². The van der Waals surface area contributed by atoms with Crippen molar-refractivity contribution in [2.24, 2.45) is 0 Å². The Kier molecular flexibility index (Phi) is 5.19. The first kappa shape index (κ1) is 20.9. The van der Waals surface area contributed by atoms with Gasteiger partial charge in [-0.2, -0.15) is 0 Å². The Labute approximate surface area is 194 Å². The van der Waals surface area contributed by atoms with Crippen LogP contribution in [0.1, 0.15) is 11.1 Å². The third kappa shape index (κ3) is 3.66. The molecule has 0 bridgehead atoms. The molecule has 1 aliphatic heterocycles. The summed E-state index contributed by atoms with van der Waals surface area (Å²) in [5.41, 5.74) is 2.63. The van der Waals surface area contributed by atoms with Crippen LogP contribution in [-0.2, 0) is 9.59 Å². The number of hydrogen-bond donors (Lipinski definition) is 1. The molecule has 0 saturated carbocycles. The number of amides is 2. The molecular formula is C27H18ClFN2O2. The Morgan fingerprint density at radius 3 is 2.33 bits per heavy atom. The van der Waals surface area contributed by atoms with Crippen molar-refractivity contribution in [1.29, 1.82) is 0 Å². The lowest BCUT2D eigenvalue weighted by atomic mass is 10.0. The van der Waals surface area contributed by atoms with E-state index >= 15 is 0 Å². The number of fused-ring (bicyclic) bond motifs is 1. The van der Waals surface area contributed by atoms with Gasteiger partial charge in [0.25, 0.3) is 11.8 Å². The van der Waals surface area contributed by atoms with Crippen LogP contribution in [0.25, 0.3) is 16.3 Å². The molecule has 0 saturated heterocycles. The van der Waals surface area contributed by atoms with E-state index in [9.17, 15) is 14.0 Å². The summed E-state index contributed by atoms with van der Waals surface area (Å²) in [7, 11) is 0. The van der Waals surface area contributed by atoms with E-state index in [2.05, 4.69) is 5.32 Å². The van der Waals surface area contributed by atoms with Gasteiger partial charge in [0.2, 0.25) is 0 Å². The molecular weight excluding hydrogens is 439 g/mol. The second-order valence-corrected chi connectivity index (χ2v) is 8.20. The van der Waals surface area contributed by atoms with Gasteiger partial charge in [-0.05, 0) is 53.8 Å². The van der Waals surface area contributed by atoms with E-state index in [1.165, 1.54) is 24.3 Å². The molecule has 0 atom stereocenters. The summed E-state index contributed by atoms with van der Waals surface area (Å²) in [6.07, 6.45) is 0. The van der Waals surface area contributed by atoms with Crippen molar-refractivity contribution in [1.82, 2.24) is 0 Å². The molecule has 4 nitrogen and oxygen atoms in total. The quantitative estimate of drug-likeness (QED) is 0.365. The topological polar surface area (TPSA) is 49.4 Å². The molecule has 0 aliphatic carbocycles. The standard InChI is InChI=1S/C27H18ClFN2O2/c1-16-9-14-20(15-22(16)28)31-26(32)24(18-10-12-19(29)13-11-18)25(27(31)33)30-23-8-4-6-17-5-2-3-7-21(17)23/h2-15,30H,1H3. The maximum Gasteiger partial charge on any atom is 0.282 e. The first-order valence-corrected chi connectivity index (χ1v) is 10.7.